The van der Waals surface area contributed by atoms with Gasteiger partial charge in [-0.2, -0.15) is 11.8 Å². The minimum Gasteiger partial charge on any atom is -0.458 e. The van der Waals surface area contributed by atoms with Crippen molar-refractivity contribution >= 4 is 35.6 Å². The molecule has 0 heterocycles. The molecule has 246 valence electrons. The van der Waals surface area contributed by atoms with Crippen molar-refractivity contribution in [1.82, 2.24) is 15.5 Å². The van der Waals surface area contributed by atoms with Gasteiger partial charge in [-0.3, -0.25) is 9.59 Å². The van der Waals surface area contributed by atoms with E-state index in [0.29, 0.717) is 24.2 Å². The Bertz CT molecular complexity index is 1290. The summed E-state index contributed by atoms with van der Waals surface area (Å²) in [5.41, 5.74) is -0.0545. The average molecular weight is 640 g/mol. The minimum absolute atomic E-state index is 0.154. The van der Waals surface area contributed by atoms with Crippen LogP contribution in [0.3, 0.4) is 0 Å². The fourth-order valence-electron chi connectivity index (χ4n) is 5.04. The lowest BCUT2D eigenvalue weighted by atomic mass is 10.00. The first-order valence-corrected chi connectivity index (χ1v) is 16.9. The summed E-state index contributed by atoms with van der Waals surface area (Å²) in [5, 5.41) is 5.73. The van der Waals surface area contributed by atoms with Crippen LogP contribution in [0.15, 0.2) is 60.7 Å². The molecule has 0 aromatic heterocycles. The van der Waals surface area contributed by atoms with E-state index in [1.807, 2.05) is 61.7 Å². The number of amides is 3. The van der Waals surface area contributed by atoms with Gasteiger partial charge in [-0.05, 0) is 83.4 Å². The van der Waals surface area contributed by atoms with Crippen molar-refractivity contribution in [3.8, 4) is 0 Å². The summed E-state index contributed by atoms with van der Waals surface area (Å²) in [7, 11) is 0. The van der Waals surface area contributed by atoms with Crippen LogP contribution in [0, 0.1) is 5.92 Å². The van der Waals surface area contributed by atoms with Crippen LogP contribution in [0.25, 0.3) is 0 Å². The quantitative estimate of drug-likeness (QED) is 0.271. The molecule has 1 saturated carbocycles. The second-order valence-electron chi connectivity index (χ2n) is 13.6. The summed E-state index contributed by atoms with van der Waals surface area (Å²) >= 11 is 1.56. The Morgan fingerprint density at radius 1 is 0.867 bits per heavy atom. The van der Waals surface area contributed by atoms with Crippen molar-refractivity contribution in [2.75, 3.05) is 12.0 Å². The van der Waals surface area contributed by atoms with E-state index in [4.69, 9.17) is 9.47 Å². The summed E-state index contributed by atoms with van der Waals surface area (Å²) in [6, 6.07) is 15.3. The van der Waals surface area contributed by atoms with Crippen LogP contribution < -0.4 is 10.6 Å². The monoisotopic (exact) mass is 639 g/mol. The van der Waals surface area contributed by atoms with Gasteiger partial charge in [0.25, 0.3) is 0 Å². The van der Waals surface area contributed by atoms with Crippen LogP contribution >= 0.6 is 11.8 Å². The van der Waals surface area contributed by atoms with Crippen molar-refractivity contribution in [3.05, 3.63) is 71.8 Å². The van der Waals surface area contributed by atoms with Gasteiger partial charge in [-0.15, -0.1) is 0 Å². The Morgan fingerprint density at radius 2 is 1.42 bits per heavy atom. The van der Waals surface area contributed by atoms with Crippen LogP contribution in [0.4, 0.5) is 4.79 Å². The Labute approximate surface area is 272 Å². The smallest absolute Gasteiger partial charge is 0.408 e. The Balaban J connectivity index is 2.01. The van der Waals surface area contributed by atoms with E-state index in [0.717, 1.165) is 5.56 Å². The van der Waals surface area contributed by atoms with E-state index in [1.165, 1.54) is 0 Å². The largest absolute Gasteiger partial charge is 0.458 e. The van der Waals surface area contributed by atoms with E-state index < -0.39 is 47.3 Å². The number of esters is 1. The normalized spacial score (nSPS) is 18.1. The van der Waals surface area contributed by atoms with Gasteiger partial charge in [0.1, 0.15) is 29.3 Å². The lowest BCUT2D eigenvalue weighted by Gasteiger charge is -2.36. The highest BCUT2D eigenvalue weighted by molar-refractivity contribution is 7.98. The second-order valence-corrected chi connectivity index (χ2v) is 14.6. The molecule has 1 aliphatic rings. The Hall–Kier alpha value is -3.53. The number of carbonyl (C=O) groups is 4. The predicted molar refractivity (Wildman–Crippen MR) is 178 cm³/mol. The van der Waals surface area contributed by atoms with Crippen LogP contribution in [0.2, 0.25) is 0 Å². The zero-order chi connectivity index (χ0) is 33.4. The average Bonchev–Trinajstić information content (AvgIpc) is 3.67. The van der Waals surface area contributed by atoms with E-state index in [-0.39, 0.29) is 24.3 Å². The molecule has 45 heavy (non-hydrogen) atoms. The zero-order valence-corrected chi connectivity index (χ0v) is 28.6. The third-order valence-corrected chi connectivity index (χ3v) is 7.85. The molecule has 2 N–H and O–H groups in total. The Kier molecular flexibility index (Phi) is 12.5. The predicted octanol–water partition coefficient (Wildman–Crippen LogP) is 5.68. The first-order chi connectivity index (χ1) is 21.1. The molecule has 0 aliphatic heterocycles. The molecule has 0 spiro atoms. The standard InChI is InChI=1S/C35H49N3O6S/c1-23-21-28(23)38(31(40)26(19-20-45-8)37-33(42)44-35(5,6)7)29(25-17-13-10-14-18-25)30(39)36-27(32(41)43-34(2,3)4)22-24-15-11-9-12-16-24/h9-18,23,26-29H,19-22H2,1-8H3,(H,36,39)(H,37,42). The number of ether oxygens (including phenoxy) is 2. The number of thioether (sulfide) groups is 1. The molecule has 10 heteroatoms. The van der Waals surface area contributed by atoms with Gasteiger partial charge in [-0.1, -0.05) is 67.6 Å². The number of rotatable bonds is 13. The van der Waals surface area contributed by atoms with Gasteiger partial charge in [0.2, 0.25) is 11.8 Å². The van der Waals surface area contributed by atoms with Crippen molar-refractivity contribution in [2.45, 2.75) is 103 Å². The molecule has 5 atom stereocenters. The third kappa shape index (κ3) is 11.4. The molecule has 9 nitrogen and oxygen atoms in total. The molecular weight excluding hydrogens is 590 g/mol. The van der Waals surface area contributed by atoms with Crippen LogP contribution in [0.5, 0.6) is 0 Å². The first kappa shape index (κ1) is 35.9. The van der Waals surface area contributed by atoms with E-state index in [1.54, 1.807) is 70.3 Å². The van der Waals surface area contributed by atoms with Gasteiger partial charge < -0.3 is 25.0 Å². The number of carbonyl (C=O) groups excluding carboxylic acids is 4. The van der Waals surface area contributed by atoms with E-state index >= 15 is 0 Å². The number of benzene rings is 2. The summed E-state index contributed by atoms with van der Waals surface area (Å²) < 4.78 is 11.2. The molecule has 0 saturated heterocycles. The molecule has 3 amide bonds. The fourth-order valence-corrected chi connectivity index (χ4v) is 5.51. The van der Waals surface area contributed by atoms with Crippen molar-refractivity contribution in [3.63, 3.8) is 0 Å². The highest BCUT2D eigenvalue weighted by Crippen LogP contribution is 2.41. The first-order valence-electron chi connectivity index (χ1n) is 15.5. The summed E-state index contributed by atoms with van der Waals surface area (Å²) in [6.07, 6.45) is 2.52. The third-order valence-electron chi connectivity index (χ3n) is 7.21. The SMILES string of the molecule is CSCCC(NC(=O)OC(C)(C)C)C(=O)N(C(C(=O)NC(Cc1ccccc1)C(=O)OC(C)(C)C)c1ccccc1)C1CC1C. The molecular formula is C35H49N3O6S. The lowest BCUT2D eigenvalue weighted by Crippen LogP contribution is -2.56. The maximum absolute atomic E-state index is 14.5. The zero-order valence-electron chi connectivity index (χ0n) is 27.8. The molecule has 1 fully saturated rings. The summed E-state index contributed by atoms with van der Waals surface area (Å²) in [5.74, 6) is -0.665. The molecule has 0 bridgehead atoms. The Morgan fingerprint density at radius 3 is 1.93 bits per heavy atom. The van der Waals surface area contributed by atoms with Gasteiger partial charge in [-0.25, -0.2) is 9.59 Å². The maximum Gasteiger partial charge on any atom is 0.408 e. The fraction of sp³-hybridized carbons (Fsp3) is 0.543. The highest BCUT2D eigenvalue weighted by atomic mass is 32.2. The van der Waals surface area contributed by atoms with E-state index in [2.05, 4.69) is 10.6 Å². The molecule has 5 unspecified atom stereocenters. The second kappa shape index (κ2) is 15.7. The van der Waals surface area contributed by atoms with Crippen LogP contribution in [-0.2, 0) is 30.3 Å². The molecule has 3 rings (SSSR count). The van der Waals surface area contributed by atoms with Crippen molar-refractivity contribution in [2.24, 2.45) is 5.92 Å². The van der Waals surface area contributed by atoms with Gasteiger partial charge in [0.15, 0.2) is 0 Å². The topological polar surface area (TPSA) is 114 Å². The number of hydrogen-bond acceptors (Lipinski definition) is 7. The maximum atomic E-state index is 14.5. The number of alkyl carbamates (subject to hydrolysis) is 1. The van der Waals surface area contributed by atoms with Crippen LogP contribution in [-0.4, -0.2) is 70.1 Å². The van der Waals surface area contributed by atoms with Gasteiger partial charge in [0, 0.05) is 12.5 Å². The molecule has 2 aromatic carbocycles. The molecule has 1 aliphatic carbocycles. The molecule has 2 aromatic rings. The summed E-state index contributed by atoms with van der Waals surface area (Å²) in [6.45, 7) is 12.6. The summed E-state index contributed by atoms with van der Waals surface area (Å²) in [4.78, 5) is 56.8. The highest BCUT2D eigenvalue weighted by Gasteiger charge is 2.48. The number of hydrogen-bond donors (Lipinski definition) is 2. The number of nitrogens with one attached hydrogen (secondary N) is 2. The van der Waals surface area contributed by atoms with E-state index in [9.17, 15) is 19.2 Å². The van der Waals surface area contributed by atoms with Crippen LogP contribution in [0.1, 0.15) is 78.5 Å². The van der Waals surface area contributed by atoms with Gasteiger partial charge >= 0.3 is 12.1 Å². The van der Waals surface area contributed by atoms with Crippen molar-refractivity contribution in [1.29, 1.82) is 0 Å². The number of nitrogens with zero attached hydrogens (tertiary/aromatic N) is 1. The molecule has 0 radical (unpaired) electrons. The lowest BCUT2D eigenvalue weighted by molar-refractivity contribution is -0.159. The van der Waals surface area contributed by atoms with Crippen molar-refractivity contribution < 1.29 is 28.7 Å². The minimum atomic E-state index is -1.05. The van der Waals surface area contributed by atoms with Gasteiger partial charge in [0.05, 0.1) is 0 Å².